The van der Waals surface area contributed by atoms with Crippen molar-refractivity contribution < 1.29 is 8.78 Å². The molecule has 0 amide bonds. The van der Waals surface area contributed by atoms with Crippen molar-refractivity contribution in [3.05, 3.63) is 34.9 Å². The van der Waals surface area contributed by atoms with Gasteiger partial charge in [-0.15, -0.1) is 0 Å². The number of rotatable bonds is 3. The van der Waals surface area contributed by atoms with E-state index < -0.39 is 11.6 Å². The summed E-state index contributed by atoms with van der Waals surface area (Å²) in [5, 5.41) is 0. The molecule has 2 saturated carbocycles. The van der Waals surface area contributed by atoms with Crippen LogP contribution in [0.3, 0.4) is 0 Å². The highest BCUT2D eigenvalue weighted by Gasteiger charge is 2.38. The molecule has 0 spiro atoms. The third-order valence-electron chi connectivity index (χ3n) is 7.63. The van der Waals surface area contributed by atoms with Crippen LogP contribution >= 0.6 is 0 Å². The molecule has 3 aliphatic rings. The SMILES string of the molecule is CCCC1CCC2CC(C3CCc4cc(F)c(F)cc4C3)CCC2C1. The molecule has 5 unspecified atom stereocenters. The summed E-state index contributed by atoms with van der Waals surface area (Å²) in [6.07, 6.45) is 14.4. The molecule has 25 heavy (non-hydrogen) atoms. The molecular weight excluding hydrogens is 314 g/mol. The van der Waals surface area contributed by atoms with Gasteiger partial charge >= 0.3 is 0 Å². The normalized spacial score (nSPS) is 35.1. The molecule has 0 nitrogen and oxygen atoms in total. The zero-order valence-corrected chi connectivity index (χ0v) is 15.6. The van der Waals surface area contributed by atoms with Gasteiger partial charge in [0.05, 0.1) is 0 Å². The van der Waals surface area contributed by atoms with Crippen molar-refractivity contribution in [3.63, 3.8) is 0 Å². The molecule has 1 aromatic carbocycles. The molecule has 5 atom stereocenters. The summed E-state index contributed by atoms with van der Waals surface area (Å²) in [5.41, 5.74) is 2.12. The fraction of sp³-hybridized carbons (Fsp3) is 0.739. The smallest absolute Gasteiger partial charge is 0.159 e. The highest BCUT2D eigenvalue weighted by Crippen LogP contribution is 2.49. The Morgan fingerprint density at radius 2 is 1.44 bits per heavy atom. The first-order valence-corrected chi connectivity index (χ1v) is 10.6. The van der Waals surface area contributed by atoms with Crippen molar-refractivity contribution in [1.82, 2.24) is 0 Å². The largest absolute Gasteiger partial charge is 0.204 e. The van der Waals surface area contributed by atoms with E-state index in [1.165, 1.54) is 69.9 Å². The van der Waals surface area contributed by atoms with Crippen molar-refractivity contribution in [2.75, 3.05) is 0 Å². The molecule has 4 rings (SSSR count). The van der Waals surface area contributed by atoms with Crippen molar-refractivity contribution >= 4 is 0 Å². The van der Waals surface area contributed by atoms with E-state index in [1.807, 2.05) is 0 Å². The van der Waals surface area contributed by atoms with Crippen LogP contribution in [-0.4, -0.2) is 0 Å². The van der Waals surface area contributed by atoms with Crippen LogP contribution in [0.15, 0.2) is 12.1 Å². The first-order valence-electron chi connectivity index (χ1n) is 10.6. The van der Waals surface area contributed by atoms with Gasteiger partial charge in [-0.3, -0.25) is 0 Å². The van der Waals surface area contributed by atoms with Gasteiger partial charge in [-0.2, -0.15) is 0 Å². The van der Waals surface area contributed by atoms with E-state index in [0.29, 0.717) is 5.92 Å². The Hall–Kier alpha value is -0.920. The Balaban J connectivity index is 1.39. The van der Waals surface area contributed by atoms with Gasteiger partial charge in [-0.05, 0) is 104 Å². The zero-order chi connectivity index (χ0) is 17.4. The van der Waals surface area contributed by atoms with Crippen LogP contribution in [0.2, 0.25) is 0 Å². The first-order chi connectivity index (χ1) is 12.1. The lowest BCUT2D eigenvalue weighted by Gasteiger charge is -2.45. The number of aryl methyl sites for hydroxylation is 1. The molecule has 1 aromatic rings. The molecule has 0 N–H and O–H groups in total. The van der Waals surface area contributed by atoms with E-state index >= 15 is 0 Å². The Morgan fingerprint density at radius 3 is 2.20 bits per heavy atom. The summed E-state index contributed by atoms with van der Waals surface area (Å²) in [5.74, 6) is 3.06. The molecule has 0 saturated heterocycles. The molecule has 138 valence electrons. The van der Waals surface area contributed by atoms with Gasteiger partial charge in [0.1, 0.15) is 0 Å². The number of hydrogen-bond acceptors (Lipinski definition) is 0. The lowest BCUT2D eigenvalue weighted by atomic mass is 9.61. The predicted octanol–water partition coefficient (Wildman–Crippen LogP) is 6.70. The minimum atomic E-state index is -0.679. The molecule has 3 aliphatic carbocycles. The Bertz CT molecular complexity index is 608. The van der Waals surface area contributed by atoms with E-state index in [1.54, 1.807) is 0 Å². The maximum Gasteiger partial charge on any atom is 0.159 e. The van der Waals surface area contributed by atoms with Gasteiger partial charge in [-0.1, -0.05) is 26.2 Å². The Labute approximate surface area is 151 Å². The predicted molar refractivity (Wildman–Crippen MR) is 98.4 cm³/mol. The van der Waals surface area contributed by atoms with Crippen molar-refractivity contribution in [2.45, 2.75) is 77.6 Å². The molecule has 0 radical (unpaired) electrons. The lowest BCUT2D eigenvalue weighted by Crippen LogP contribution is -2.35. The first kappa shape index (κ1) is 17.5. The molecule has 2 fully saturated rings. The highest BCUT2D eigenvalue weighted by molar-refractivity contribution is 5.31. The van der Waals surface area contributed by atoms with E-state index in [-0.39, 0.29) is 0 Å². The molecule has 0 heterocycles. The fourth-order valence-electron chi connectivity index (χ4n) is 6.30. The lowest BCUT2D eigenvalue weighted by molar-refractivity contribution is 0.0694. The minimum Gasteiger partial charge on any atom is -0.204 e. The Morgan fingerprint density at radius 1 is 0.800 bits per heavy atom. The maximum atomic E-state index is 13.6. The Kier molecular flexibility index (Phi) is 5.15. The summed E-state index contributed by atoms with van der Waals surface area (Å²) in [7, 11) is 0. The van der Waals surface area contributed by atoms with E-state index in [9.17, 15) is 8.78 Å². The number of benzene rings is 1. The van der Waals surface area contributed by atoms with Crippen LogP contribution in [0, 0.1) is 41.2 Å². The van der Waals surface area contributed by atoms with Crippen LogP contribution in [0.25, 0.3) is 0 Å². The van der Waals surface area contributed by atoms with Gasteiger partial charge < -0.3 is 0 Å². The average Bonchev–Trinajstić information content (AvgIpc) is 2.62. The van der Waals surface area contributed by atoms with Crippen LogP contribution < -0.4 is 0 Å². The summed E-state index contributed by atoms with van der Waals surface area (Å²) >= 11 is 0. The van der Waals surface area contributed by atoms with Crippen molar-refractivity contribution in [3.8, 4) is 0 Å². The second-order valence-corrected chi connectivity index (χ2v) is 9.10. The van der Waals surface area contributed by atoms with Gasteiger partial charge in [0, 0.05) is 0 Å². The van der Waals surface area contributed by atoms with Crippen LogP contribution in [0.4, 0.5) is 8.78 Å². The number of halogens is 2. The van der Waals surface area contributed by atoms with E-state index in [4.69, 9.17) is 0 Å². The van der Waals surface area contributed by atoms with Gasteiger partial charge in [0.2, 0.25) is 0 Å². The van der Waals surface area contributed by atoms with Gasteiger partial charge in [-0.25, -0.2) is 8.78 Å². The fourth-order valence-corrected chi connectivity index (χ4v) is 6.30. The monoisotopic (exact) mass is 346 g/mol. The summed E-state index contributed by atoms with van der Waals surface area (Å²) in [6, 6.07) is 2.91. The second kappa shape index (κ2) is 7.37. The summed E-state index contributed by atoms with van der Waals surface area (Å²) < 4.78 is 27.1. The highest BCUT2D eigenvalue weighted by atomic mass is 19.2. The van der Waals surface area contributed by atoms with Gasteiger partial charge in [0.25, 0.3) is 0 Å². The topological polar surface area (TPSA) is 0 Å². The maximum absolute atomic E-state index is 13.6. The van der Waals surface area contributed by atoms with Crippen molar-refractivity contribution in [1.29, 1.82) is 0 Å². The molecule has 0 bridgehead atoms. The number of hydrogen-bond donors (Lipinski definition) is 0. The molecular formula is C23H32F2. The van der Waals surface area contributed by atoms with Crippen LogP contribution in [0.1, 0.15) is 75.8 Å². The minimum absolute atomic E-state index is 0.669. The second-order valence-electron chi connectivity index (χ2n) is 9.10. The quantitative estimate of drug-likeness (QED) is 0.571. The van der Waals surface area contributed by atoms with Gasteiger partial charge in [0.15, 0.2) is 11.6 Å². The standard InChI is InChI=1S/C23H32F2/c1-2-3-15-4-5-17-11-18(7-6-16(17)10-15)19-8-9-20-13-22(24)23(25)14-21(20)12-19/h13-19H,2-12H2,1H3. The average molecular weight is 347 g/mol. The van der Waals surface area contributed by atoms with Crippen LogP contribution in [0.5, 0.6) is 0 Å². The molecule has 0 aromatic heterocycles. The van der Waals surface area contributed by atoms with Crippen molar-refractivity contribution in [2.24, 2.45) is 29.6 Å². The molecule has 2 heteroatoms. The summed E-state index contributed by atoms with van der Waals surface area (Å²) in [4.78, 5) is 0. The van der Waals surface area contributed by atoms with E-state index in [0.717, 1.165) is 47.6 Å². The van der Waals surface area contributed by atoms with Crippen LogP contribution in [-0.2, 0) is 12.8 Å². The number of fused-ring (bicyclic) bond motifs is 2. The third kappa shape index (κ3) is 3.64. The summed E-state index contributed by atoms with van der Waals surface area (Å²) in [6.45, 7) is 2.32. The van der Waals surface area contributed by atoms with E-state index in [2.05, 4.69) is 6.92 Å². The zero-order valence-electron chi connectivity index (χ0n) is 15.6. The molecule has 0 aliphatic heterocycles. The third-order valence-corrected chi connectivity index (χ3v) is 7.63.